The molecule has 1 heterocycles. The number of aliphatic imine (C=N–C) groups is 1. The molecule has 0 aromatic rings. The molecule has 1 aliphatic rings. The molecule has 0 aromatic carbocycles. The molecule has 0 N–H and O–H groups in total. The van der Waals surface area contributed by atoms with Gasteiger partial charge in [-0.3, -0.25) is 4.99 Å². The quantitative estimate of drug-likeness (QED) is 0.404. The highest BCUT2D eigenvalue weighted by Crippen LogP contribution is 2.20. The summed E-state index contributed by atoms with van der Waals surface area (Å²) < 4.78 is 0. The van der Waals surface area contributed by atoms with Crippen molar-refractivity contribution in [2.24, 2.45) is 4.99 Å². The van der Waals surface area contributed by atoms with Gasteiger partial charge in [-0.2, -0.15) is 0 Å². The van der Waals surface area contributed by atoms with Crippen LogP contribution in [0.4, 0.5) is 0 Å². The van der Waals surface area contributed by atoms with E-state index in [-0.39, 0.29) is 0 Å². The molecule has 1 nitrogen and oxygen atoms in total. The average molecular weight is 251 g/mol. The van der Waals surface area contributed by atoms with Crippen molar-refractivity contribution in [3.63, 3.8) is 0 Å². The second kappa shape index (κ2) is 10.6. The second-order valence-corrected chi connectivity index (χ2v) is 5.86. The van der Waals surface area contributed by atoms with Crippen LogP contribution in [0.3, 0.4) is 0 Å². The topological polar surface area (TPSA) is 12.4 Å². The molecule has 0 aromatic heterocycles. The summed E-state index contributed by atoms with van der Waals surface area (Å²) in [6.45, 7) is 4.52. The van der Waals surface area contributed by atoms with Crippen LogP contribution in [0.2, 0.25) is 0 Å². The first kappa shape index (κ1) is 15.7. The van der Waals surface area contributed by atoms with Gasteiger partial charge in [-0.1, -0.05) is 71.6 Å². The van der Waals surface area contributed by atoms with Gasteiger partial charge in [-0.05, 0) is 25.7 Å². The standard InChI is InChI=1S/C17H33N/c1-3-5-6-7-8-9-10-11-12-13-17-15-14-16(4-2)18-17/h17H,3-15H2,1-2H3. The Bertz CT molecular complexity index is 220. The fourth-order valence-electron chi connectivity index (χ4n) is 2.89. The minimum absolute atomic E-state index is 0.685. The van der Waals surface area contributed by atoms with Crippen molar-refractivity contribution < 1.29 is 0 Å². The van der Waals surface area contributed by atoms with Crippen molar-refractivity contribution in [3.8, 4) is 0 Å². The van der Waals surface area contributed by atoms with Crippen molar-refractivity contribution in [1.29, 1.82) is 0 Å². The highest BCUT2D eigenvalue weighted by molar-refractivity contribution is 5.85. The molecule has 0 spiro atoms. The molecular weight excluding hydrogens is 218 g/mol. The molecule has 0 saturated heterocycles. The third kappa shape index (κ3) is 7.18. The number of unbranched alkanes of at least 4 members (excludes halogenated alkanes) is 8. The van der Waals surface area contributed by atoms with Crippen molar-refractivity contribution >= 4 is 5.71 Å². The van der Waals surface area contributed by atoms with Gasteiger partial charge in [0.25, 0.3) is 0 Å². The Balaban J connectivity index is 1.83. The normalized spacial score (nSPS) is 19.2. The fraction of sp³-hybridized carbons (Fsp3) is 0.941. The predicted molar refractivity (Wildman–Crippen MR) is 82.6 cm³/mol. The Hall–Kier alpha value is -0.330. The zero-order valence-corrected chi connectivity index (χ0v) is 12.7. The van der Waals surface area contributed by atoms with E-state index in [0.29, 0.717) is 6.04 Å². The SMILES string of the molecule is CCCCCCCCCCCC1CCC(CC)=N1. The lowest BCUT2D eigenvalue weighted by Crippen LogP contribution is -1.98. The van der Waals surface area contributed by atoms with Gasteiger partial charge in [-0.15, -0.1) is 0 Å². The first-order chi connectivity index (χ1) is 8.86. The lowest BCUT2D eigenvalue weighted by molar-refractivity contribution is 0.524. The third-order valence-corrected chi connectivity index (χ3v) is 4.18. The zero-order valence-electron chi connectivity index (χ0n) is 12.7. The molecule has 0 saturated carbocycles. The summed E-state index contributed by atoms with van der Waals surface area (Å²) >= 11 is 0. The van der Waals surface area contributed by atoms with Crippen LogP contribution >= 0.6 is 0 Å². The molecule has 18 heavy (non-hydrogen) atoms. The molecule has 1 aliphatic heterocycles. The predicted octanol–water partition coefficient (Wildman–Crippen LogP) is 5.92. The lowest BCUT2D eigenvalue weighted by Gasteiger charge is -2.06. The van der Waals surface area contributed by atoms with Crippen LogP contribution < -0.4 is 0 Å². The zero-order chi connectivity index (χ0) is 13.1. The summed E-state index contributed by atoms with van der Waals surface area (Å²) in [5.41, 5.74) is 1.47. The van der Waals surface area contributed by atoms with E-state index in [0.717, 1.165) is 0 Å². The summed E-state index contributed by atoms with van der Waals surface area (Å²) in [6.07, 6.45) is 18.0. The number of hydrogen-bond donors (Lipinski definition) is 0. The first-order valence-corrected chi connectivity index (χ1v) is 8.42. The third-order valence-electron chi connectivity index (χ3n) is 4.18. The van der Waals surface area contributed by atoms with E-state index in [1.807, 2.05) is 0 Å². The molecule has 1 heteroatoms. The smallest absolute Gasteiger partial charge is 0.0502 e. The maximum atomic E-state index is 4.79. The average Bonchev–Trinajstić information content (AvgIpc) is 2.85. The molecule has 0 fully saturated rings. The lowest BCUT2D eigenvalue weighted by atomic mass is 10.0. The Labute approximate surface area is 114 Å². The van der Waals surface area contributed by atoms with Crippen LogP contribution in [0, 0.1) is 0 Å². The van der Waals surface area contributed by atoms with Crippen molar-refractivity contribution in [3.05, 3.63) is 0 Å². The Morgan fingerprint density at radius 1 is 0.889 bits per heavy atom. The first-order valence-electron chi connectivity index (χ1n) is 8.42. The molecule has 0 amide bonds. The molecule has 0 radical (unpaired) electrons. The van der Waals surface area contributed by atoms with E-state index in [4.69, 9.17) is 4.99 Å². The van der Waals surface area contributed by atoms with E-state index in [2.05, 4.69) is 13.8 Å². The van der Waals surface area contributed by atoms with E-state index in [9.17, 15) is 0 Å². The van der Waals surface area contributed by atoms with Gasteiger partial charge in [-0.25, -0.2) is 0 Å². The van der Waals surface area contributed by atoms with Gasteiger partial charge >= 0.3 is 0 Å². The van der Waals surface area contributed by atoms with Gasteiger partial charge in [0.15, 0.2) is 0 Å². The molecule has 1 atom stereocenters. The van der Waals surface area contributed by atoms with Crippen LogP contribution in [0.15, 0.2) is 4.99 Å². The Kier molecular flexibility index (Phi) is 9.24. The van der Waals surface area contributed by atoms with Crippen molar-refractivity contribution in [2.45, 2.75) is 103 Å². The maximum absolute atomic E-state index is 4.79. The van der Waals surface area contributed by atoms with Gasteiger partial charge in [0.2, 0.25) is 0 Å². The summed E-state index contributed by atoms with van der Waals surface area (Å²) in [6, 6.07) is 0.685. The van der Waals surface area contributed by atoms with Crippen LogP contribution in [-0.2, 0) is 0 Å². The molecular formula is C17H33N. The monoisotopic (exact) mass is 251 g/mol. The number of rotatable bonds is 11. The highest BCUT2D eigenvalue weighted by Gasteiger charge is 2.15. The molecule has 106 valence electrons. The minimum Gasteiger partial charge on any atom is -0.291 e. The molecule has 1 unspecified atom stereocenters. The van der Waals surface area contributed by atoms with E-state index >= 15 is 0 Å². The number of nitrogens with zero attached hydrogens (tertiary/aromatic N) is 1. The summed E-state index contributed by atoms with van der Waals surface area (Å²) in [7, 11) is 0. The molecule has 0 bridgehead atoms. The van der Waals surface area contributed by atoms with E-state index in [1.165, 1.54) is 89.2 Å². The van der Waals surface area contributed by atoms with Crippen LogP contribution in [0.25, 0.3) is 0 Å². The maximum Gasteiger partial charge on any atom is 0.0502 e. The summed E-state index contributed by atoms with van der Waals surface area (Å²) in [5.74, 6) is 0. The van der Waals surface area contributed by atoms with E-state index in [1.54, 1.807) is 0 Å². The van der Waals surface area contributed by atoms with Crippen LogP contribution in [-0.4, -0.2) is 11.8 Å². The minimum atomic E-state index is 0.685. The van der Waals surface area contributed by atoms with Gasteiger partial charge in [0.05, 0.1) is 6.04 Å². The number of hydrogen-bond acceptors (Lipinski definition) is 1. The highest BCUT2D eigenvalue weighted by atomic mass is 14.8. The van der Waals surface area contributed by atoms with Crippen molar-refractivity contribution in [2.75, 3.05) is 0 Å². The van der Waals surface area contributed by atoms with E-state index < -0.39 is 0 Å². The fourth-order valence-corrected chi connectivity index (χ4v) is 2.89. The second-order valence-electron chi connectivity index (χ2n) is 5.86. The Morgan fingerprint density at radius 3 is 2.06 bits per heavy atom. The summed E-state index contributed by atoms with van der Waals surface area (Å²) in [4.78, 5) is 4.79. The largest absolute Gasteiger partial charge is 0.291 e. The van der Waals surface area contributed by atoms with Crippen LogP contribution in [0.1, 0.15) is 97.3 Å². The van der Waals surface area contributed by atoms with Gasteiger partial charge < -0.3 is 0 Å². The van der Waals surface area contributed by atoms with Crippen LogP contribution in [0.5, 0.6) is 0 Å². The van der Waals surface area contributed by atoms with Gasteiger partial charge in [0, 0.05) is 5.71 Å². The molecule has 0 aliphatic carbocycles. The van der Waals surface area contributed by atoms with Gasteiger partial charge in [0.1, 0.15) is 0 Å². The van der Waals surface area contributed by atoms with Crippen molar-refractivity contribution in [1.82, 2.24) is 0 Å². The Morgan fingerprint density at radius 2 is 1.50 bits per heavy atom. The molecule has 1 rings (SSSR count). The summed E-state index contributed by atoms with van der Waals surface area (Å²) in [5, 5.41) is 0.